The average Bonchev–Trinajstić information content (AvgIpc) is 2.72. The summed E-state index contributed by atoms with van der Waals surface area (Å²) in [4.78, 5) is 13.5. The second kappa shape index (κ2) is 11.3. The monoisotopic (exact) mass is 472 g/mol. The molecule has 164 valence electrons. The standard InChI is InChI=1S/C20H25ClN2O5S2/c1-27-16-7-10-18(19(13-16)28-2)23(30(3,25)26)14-20(24)22-11-4-12-29-17-8-5-15(21)6-9-17/h5-10,13H,4,11-12,14H2,1-3H3,(H,22,24). The summed E-state index contributed by atoms with van der Waals surface area (Å²) in [5, 5.41) is 3.46. The Morgan fingerprint density at radius 1 is 1.13 bits per heavy atom. The smallest absolute Gasteiger partial charge is 0.240 e. The van der Waals surface area contributed by atoms with Crippen LogP contribution in [0.5, 0.6) is 11.5 Å². The van der Waals surface area contributed by atoms with Crippen LogP contribution in [0.2, 0.25) is 5.02 Å². The molecule has 10 heteroatoms. The van der Waals surface area contributed by atoms with Crippen LogP contribution in [0.3, 0.4) is 0 Å². The lowest BCUT2D eigenvalue weighted by Crippen LogP contribution is -2.40. The molecule has 0 spiro atoms. The topological polar surface area (TPSA) is 84.9 Å². The number of carbonyl (C=O) groups is 1. The number of nitrogens with one attached hydrogen (secondary N) is 1. The molecule has 0 aromatic heterocycles. The van der Waals surface area contributed by atoms with Crippen molar-refractivity contribution in [1.29, 1.82) is 0 Å². The first-order valence-corrected chi connectivity index (χ1v) is 12.3. The predicted octanol–water partition coefficient (Wildman–Crippen LogP) is 3.42. The van der Waals surface area contributed by atoms with E-state index in [1.807, 2.05) is 24.3 Å². The molecule has 0 heterocycles. The highest BCUT2D eigenvalue weighted by Gasteiger charge is 2.24. The largest absolute Gasteiger partial charge is 0.497 e. The summed E-state index contributed by atoms with van der Waals surface area (Å²) in [6.07, 6.45) is 1.79. The highest BCUT2D eigenvalue weighted by atomic mass is 35.5. The van der Waals surface area contributed by atoms with Crippen LogP contribution in [0, 0.1) is 0 Å². The molecule has 2 aromatic rings. The predicted molar refractivity (Wildman–Crippen MR) is 122 cm³/mol. The molecule has 1 amide bonds. The van der Waals surface area contributed by atoms with E-state index in [0.717, 1.165) is 27.6 Å². The molecule has 0 aliphatic rings. The molecule has 0 fully saturated rings. The third kappa shape index (κ3) is 7.30. The van der Waals surface area contributed by atoms with E-state index in [0.29, 0.717) is 23.1 Å². The Morgan fingerprint density at radius 3 is 2.43 bits per heavy atom. The first kappa shape index (κ1) is 24.2. The fraction of sp³-hybridized carbons (Fsp3) is 0.350. The molecule has 0 saturated heterocycles. The number of sulfonamides is 1. The van der Waals surface area contributed by atoms with E-state index in [1.165, 1.54) is 14.2 Å². The number of carbonyl (C=O) groups excluding carboxylic acids is 1. The van der Waals surface area contributed by atoms with Gasteiger partial charge >= 0.3 is 0 Å². The second-order valence-corrected chi connectivity index (χ2v) is 9.82. The van der Waals surface area contributed by atoms with Gasteiger partial charge < -0.3 is 14.8 Å². The lowest BCUT2D eigenvalue weighted by atomic mass is 10.2. The number of methoxy groups -OCH3 is 2. The Bertz CT molecular complexity index is 952. The number of amides is 1. The van der Waals surface area contributed by atoms with Crippen LogP contribution in [0.15, 0.2) is 47.4 Å². The number of benzene rings is 2. The van der Waals surface area contributed by atoms with Gasteiger partial charge in [-0.2, -0.15) is 0 Å². The first-order chi connectivity index (χ1) is 14.2. The van der Waals surface area contributed by atoms with E-state index >= 15 is 0 Å². The maximum Gasteiger partial charge on any atom is 0.240 e. The average molecular weight is 473 g/mol. The molecule has 2 rings (SSSR count). The molecule has 30 heavy (non-hydrogen) atoms. The van der Waals surface area contributed by atoms with Gasteiger partial charge in [0.25, 0.3) is 0 Å². The zero-order chi connectivity index (χ0) is 22.1. The van der Waals surface area contributed by atoms with Crippen molar-refractivity contribution >= 4 is 45.0 Å². The van der Waals surface area contributed by atoms with Crippen molar-refractivity contribution in [3.8, 4) is 11.5 Å². The minimum Gasteiger partial charge on any atom is -0.497 e. The summed E-state index contributed by atoms with van der Waals surface area (Å²) in [7, 11) is -0.774. The zero-order valence-electron chi connectivity index (χ0n) is 17.1. The van der Waals surface area contributed by atoms with E-state index in [1.54, 1.807) is 30.0 Å². The molecule has 0 atom stereocenters. The van der Waals surface area contributed by atoms with Gasteiger partial charge in [-0.25, -0.2) is 8.42 Å². The van der Waals surface area contributed by atoms with Crippen molar-refractivity contribution in [3.05, 3.63) is 47.5 Å². The molecular formula is C20H25ClN2O5S2. The van der Waals surface area contributed by atoms with Gasteiger partial charge in [0.2, 0.25) is 15.9 Å². The Kier molecular flexibility index (Phi) is 9.13. The maximum atomic E-state index is 12.4. The number of ether oxygens (including phenoxy) is 2. The van der Waals surface area contributed by atoms with Gasteiger partial charge in [0.15, 0.2) is 0 Å². The van der Waals surface area contributed by atoms with Crippen LogP contribution in [0.1, 0.15) is 6.42 Å². The Hall–Kier alpha value is -2.10. The minimum absolute atomic E-state index is 0.272. The third-order valence-corrected chi connectivity index (χ3v) is 6.55. The van der Waals surface area contributed by atoms with Gasteiger partial charge in [-0.1, -0.05) is 11.6 Å². The lowest BCUT2D eigenvalue weighted by molar-refractivity contribution is -0.119. The lowest BCUT2D eigenvalue weighted by Gasteiger charge is -2.24. The Morgan fingerprint density at radius 2 is 1.83 bits per heavy atom. The molecule has 7 nitrogen and oxygen atoms in total. The summed E-state index contributed by atoms with van der Waals surface area (Å²) >= 11 is 7.52. The molecule has 2 aromatic carbocycles. The fourth-order valence-electron chi connectivity index (χ4n) is 2.58. The van der Waals surface area contributed by atoms with Crippen LogP contribution >= 0.6 is 23.4 Å². The normalized spacial score (nSPS) is 11.1. The van der Waals surface area contributed by atoms with Crippen LogP contribution in [0.4, 0.5) is 5.69 Å². The Balaban J connectivity index is 1.92. The van der Waals surface area contributed by atoms with Gasteiger partial charge in [-0.05, 0) is 48.6 Å². The third-order valence-electron chi connectivity index (χ3n) is 4.07. The van der Waals surface area contributed by atoms with Crippen molar-refractivity contribution in [3.63, 3.8) is 0 Å². The molecule has 0 bridgehead atoms. The number of halogens is 1. The fourth-order valence-corrected chi connectivity index (χ4v) is 4.42. The highest BCUT2D eigenvalue weighted by molar-refractivity contribution is 7.99. The van der Waals surface area contributed by atoms with Crippen molar-refractivity contribution < 1.29 is 22.7 Å². The van der Waals surface area contributed by atoms with Crippen molar-refractivity contribution in [2.75, 3.05) is 43.6 Å². The molecule has 0 aliphatic heterocycles. The first-order valence-electron chi connectivity index (χ1n) is 9.09. The number of hydrogen-bond acceptors (Lipinski definition) is 6. The SMILES string of the molecule is COc1ccc(N(CC(=O)NCCCSc2ccc(Cl)cc2)S(C)(=O)=O)c(OC)c1. The van der Waals surface area contributed by atoms with E-state index in [2.05, 4.69) is 5.32 Å². The summed E-state index contributed by atoms with van der Waals surface area (Å²) in [5.74, 6) is 1.23. The Labute approximate surface area is 186 Å². The summed E-state index contributed by atoms with van der Waals surface area (Å²) in [6.45, 7) is 0.0998. The van der Waals surface area contributed by atoms with Crippen LogP contribution in [-0.2, 0) is 14.8 Å². The number of nitrogens with zero attached hydrogens (tertiary/aromatic N) is 1. The highest BCUT2D eigenvalue weighted by Crippen LogP contribution is 2.33. The molecule has 0 aliphatic carbocycles. The van der Waals surface area contributed by atoms with Gasteiger partial charge in [0.05, 0.1) is 26.2 Å². The van der Waals surface area contributed by atoms with E-state index in [9.17, 15) is 13.2 Å². The molecule has 0 unspecified atom stereocenters. The number of thioether (sulfide) groups is 1. The van der Waals surface area contributed by atoms with E-state index in [4.69, 9.17) is 21.1 Å². The van der Waals surface area contributed by atoms with Gasteiger partial charge in [0, 0.05) is 22.5 Å². The molecule has 1 N–H and O–H groups in total. The second-order valence-electron chi connectivity index (χ2n) is 6.31. The van der Waals surface area contributed by atoms with Crippen LogP contribution < -0.4 is 19.1 Å². The van der Waals surface area contributed by atoms with Crippen molar-refractivity contribution in [1.82, 2.24) is 5.32 Å². The van der Waals surface area contributed by atoms with Gasteiger partial charge in [-0.3, -0.25) is 9.10 Å². The molecule has 0 saturated carbocycles. The number of rotatable bonds is 11. The van der Waals surface area contributed by atoms with Crippen molar-refractivity contribution in [2.24, 2.45) is 0 Å². The summed E-state index contributed by atoms with van der Waals surface area (Å²) in [6, 6.07) is 12.3. The van der Waals surface area contributed by atoms with Crippen LogP contribution in [-0.4, -0.2) is 53.6 Å². The van der Waals surface area contributed by atoms with E-state index in [-0.39, 0.29) is 12.2 Å². The van der Waals surface area contributed by atoms with Crippen molar-refractivity contribution in [2.45, 2.75) is 11.3 Å². The summed E-state index contributed by atoms with van der Waals surface area (Å²) in [5.41, 5.74) is 0.272. The van der Waals surface area contributed by atoms with Gasteiger partial charge in [-0.15, -0.1) is 11.8 Å². The molecular weight excluding hydrogens is 448 g/mol. The van der Waals surface area contributed by atoms with Crippen LogP contribution in [0.25, 0.3) is 0 Å². The maximum absolute atomic E-state index is 12.4. The summed E-state index contributed by atoms with van der Waals surface area (Å²) < 4.78 is 36.0. The number of anilines is 1. The number of hydrogen-bond donors (Lipinski definition) is 1. The minimum atomic E-state index is -3.70. The quantitative estimate of drug-likeness (QED) is 0.398. The van der Waals surface area contributed by atoms with E-state index < -0.39 is 15.9 Å². The molecule has 0 radical (unpaired) electrons. The van der Waals surface area contributed by atoms with Gasteiger partial charge in [0.1, 0.15) is 18.0 Å². The zero-order valence-corrected chi connectivity index (χ0v) is 19.4.